The molecule has 0 aromatic rings. The van der Waals surface area contributed by atoms with E-state index in [1.165, 1.54) is 12.8 Å². The Morgan fingerprint density at radius 3 is 2.50 bits per heavy atom. The van der Waals surface area contributed by atoms with Gasteiger partial charge in [0.25, 0.3) is 0 Å². The molecule has 1 aliphatic heterocycles. The predicted molar refractivity (Wildman–Crippen MR) is 63.9 cm³/mol. The topological polar surface area (TPSA) is 26.3 Å². The summed E-state index contributed by atoms with van der Waals surface area (Å²) < 4.78 is 5.52. The third-order valence-electron chi connectivity index (χ3n) is 4.46. The maximum absolute atomic E-state index is 11.5. The maximum Gasteiger partial charge on any atom is 0.308 e. The first-order valence-electron chi connectivity index (χ1n) is 6.58. The molecule has 2 fully saturated rings. The summed E-state index contributed by atoms with van der Waals surface area (Å²) in [6, 6.07) is 0. The lowest BCUT2D eigenvalue weighted by molar-refractivity contribution is -0.169. The Bertz CT molecular complexity index is 277. The van der Waals surface area contributed by atoms with E-state index in [2.05, 4.69) is 20.8 Å². The van der Waals surface area contributed by atoms with Crippen LogP contribution in [0.4, 0.5) is 0 Å². The van der Waals surface area contributed by atoms with Crippen molar-refractivity contribution >= 4 is 5.97 Å². The van der Waals surface area contributed by atoms with Crippen LogP contribution in [0.3, 0.4) is 0 Å². The lowest BCUT2D eigenvalue weighted by Crippen LogP contribution is -2.43. The molecule has 2 heteroatoms. The SMILES string of the molecule is C[C@@H]1C[C@@H]2C[C@H](C(C)(C)C)CC[C@@H]2OC1=O. The number of fused-ring (bicyclic) bond motifs is 1. The fraction of sp³-hybridized carbons (Fsp3) is 0.929. The van der Waals surface area contributed by atoms with Crippen LogP contribution in [0.15, 0.2) is 0 Å². The van der Waals surface area contributed by atoms with Gasteiger partial charge in [0.05, 0.1) is 5.92 Å². The van der Waals surface area contributed by atoms with Crippen LogP contribution in [-0.4, -0.2) is 12.1 Å². The quantitative estimate of drug-likeness (QED) is 0.589. The molecule has 1 aliphatic carbocycles. The molecule has 92 valence electrons. The van der Waals surface area contributed by atoms with Gasteiger partial charge in [0, 0.05) is 0 Å². The van der Waals surface area contributed by atoms with Gasteiger partial charge in [-0.05, 0) is 42.9 Å². The third-order valence-corrected chi connectivity index (χ3v) is 4.46. The summed E-state index contributed by atoms with van der Waals surface area (Å²) >= 11 is 0. The Labute approximate surface area is 98.7 Å². The van der Waals surface area contributed by atoms with E-state index in [1.54, 1.807) is 0 Å². The van der Waals surface area contributed by atoms with Crippen LogP contribution in [0, 0.1) is 23.2 Å². The Morgan fingerprint density at radius 2 is 1.88 bits per heavy atom. The Balaban J connectivity index is 2.02. The van der Waals surface area contributed by atoms with Gasteiger partial charge in [-0.2, -0.15) is 0 Å². The predicted octanol–water partition coefficient (Wildman–Crippen LogP) is 3.40. The van der Waals surface area contributed by atoms with Crippen molar-refractivity contribution in [2.45, 2.75) is 59.5 Å². The molecule has 1 saturated carbocycles. The van der Waals surface area contributed by atoms with E-state index in [0.29, 0.717) is 11.3 Å². The number of carbonyl (C=O) groups excluding carboxylic acids is 1. The summed E-state index contributed by atoms with van der Waals surface area (Å²) in [6.45, 7) is 8.99. The van der Waals surface area contributed by atoms with Crippen LogP contribution in [0.2, 0.25) is 0 Å². The van der Waals surface area contributed by atoms with Crippen LogP contribution in [0.25, 0.3) is 0 Å². The standard InChI is InChI=1S/C14H24O2/c1-9-7-10-8-11(14(2,3)4)5-6-12(10)16-13(9)15/h9-12H,5-8H2,1-4H3/t9-,10-,11-,12+/m1/s1. The molecule has 0 amide bonds. The van der Waals surface area contributed by atoms with Gasteiger partial charge in [-0.1, -0.05) is 27.7 Å². The van der Waals surface area contributed by atoms with Gasteiger partial charge in [0.2, 0.25) is 0 Å². The van der Waals surface area contributed by atoms with Gasteiger partial charge < -0.3 is 4.74 Å². The Morgan fingerprint density at radius 1 is 1.19 bits per heavy atom. The largest absolute Gasteiger partial charge is 0.462 e. The molecular weight excluding hydrogens is 200 g/mol. The number of carbonyl (C=O) groups is 1. The molecular formula is C14H24O2. The molecule has 16 heavy (non-hydrogen) atoms. The molecule has 0 radical (unpaired) electrons. The molecule has 0 N–H and O–H groups in total. The number of hydrogen-bond acceptors (Lipinski definition) is 2. The van der Waals surface area contributed by atoms with Crippen molar-refractivity contribution in [3.63, 3.8) is 0 Å². The molecule has 0 spiro atoms. The van der Waals surface area contributed by atoms with Crippen molar-refractivity contribution in [3.05, 3.63) is 0 Å². The van der Waals surface area contributed by atoms with Crippen molar-refractivity contribution in [3.8, 4) is 0 Å². The smallest absolute Gasteiger partial charge is 0.308 e. The maximum atomic E-state index is 11.5. The number of hydrogen-bond donors (Lipinski definition) is 0. The van der Waals surface area contributed by atoms with Crippen LogP contribution in [-0.2, 0) is 9.53 Å². The highest BCUT2D eigenvalue weighted by molar-refractivity contribution is 5.73. The van der Waals surface area contributed by atoms with E-state index in [1.807, 2.05) is 6.92 Å². The van der Waals surface area contributed by atoms with Gasteiger partial charge in [0.1, 0.15) is 6.10 Å². The molecule has 2 aliphatic rings. The number of rotatable bonds is 0. The summed E-state index contributed by atoms with van der Waals surface area (Å²) in [5.41, 5.74) is 0.398. The van der Waals surface area contributed by atoms with E-state index in [4.69, 9.17) is 4.74 Å². The molecule has 2 nitrogen and oxygen atoms in total. The summed E-state index contributed by atoms with van der Waals surface area (Å²) in [5, 5.41) is 0. The molecule has 1 saturated heterocycles. The summed E-state index contributed by atoms with van der Waals surface area (Å²) in [6.07, 6.45) is 4.79. The first-order chi connectivity index (χ1) is 7.38. The minimum absolute atomic E-state index is 0.0236. The monoisotopic (exact) mass is 224 g/mol. The zero-order valence-corrected chi connectivity index (χ0v) is 11.0. The number of ether oxygens (including phenoxy) is 1. The second-order valence-electron chi connectivity index (χ2n) is 6.75. The van der Waals surface area contributed by atoms with Crippen molar-refractivity contribution < 1.29 is 9.53 Å². The molecule has 0 bridgehead atoms. The van der Waals surface area contributed by atoms with E-state index in [9.17, 15) is 4.79 Å². The first-order valence-corrected chi connectivity index (χ1v) is 6.58. The minimum Gasteiger partial charge on any atom is -0.462 e. The zero-order valence-electron chi connectivity index (χ0n) is 11.0. The number of esters is 1. The summed E-state index contributed by atoms with van der Waals surface area (Å²) in [4.78, 5) is 11.5. The molecule has 0 aromatic carbocycles. The minimum atomic E-state index is 0.0236. The van der Waals surface area contributed by atoms with E-state index in [0.717, 1.165) is 18.8 Å². The Hall–Kier alpha value is -0.530. The lowest BCUT2D eigenvalue weighted by Gasteiger charge is -2.44. The van der Waals surface area contributed by atoms with Crippen LogP contribution in [0.1, 0.15) is 53.4 Å². The van der Waals surface area contributed by atoms with Gasteiger partial charge in [-0.15, -0.1) is 0 Å². The average Bonchev–Trinajstić information content (AvgIpc) is 2.17. The van der Waals surface area contributed by atoms with E-state index >= 15 is 0 Å². The zero-order chi connectivity index (χ0) is 11.9. The van der Waals surface area contributed by atoms with E-state index < -0.39 is 0 Å². The highest BCUT2D eigenvalue weighted by Gasteiger charge is 2.42. The van der Waals surface area contributed by atoms with Gasteiger partial charge in [0.15, 0.2) is 0 Å². The van der Waals surface area contributed by atoms with Crippen molar-refractivity contribution in [2.75, 3.05) is 0 Å². The van der Waals surface area contributed by atoms with Crippen molar-refractivity contribution in [1.29, 1.82) is 0 Å². The molecule has 0 unspecified atom stereocenters. The average molecular weight is 224 g/mol. The highest BCUT2D eigenvalue weighted by atomic mass is 16.5. The molecule has 4 atom stereocenters. The summed E-state index contributed by atoms with van der Waals surface area (Å²) in [5.74, 6) is 1.54. The van der Waals surface area contributed by atoms with Crippen molar-refractivity contribution in [2.24, 2.45) is 23.2 Å². The van der Waals surface area contributed by atoms with Crippen LogP contribution in [0.5, 0.6) is 0 Å². The molecule has 2 rings (SSSR count). The fourth-order valence-corrected chi connectivity index (χ4v) is 3.24. The van der Waals surface area contributed by atoms with Crippen LogP contribution < -0.4 is 0 Å². The summed E-state index contributed by atoms with van der Waals surface area (Å²) in [7, 11) is 0. The lowest BCUT2D eigenvalue weighted by atomic mass is 9.66. The Kier molecular flexibility index (Phi) is 3.02. The van der Waals surface area contributed by atoms with Gasteiger partial charge in [-0.25, -0.2) is 0 Å². The second-order valence-corrected chi connectivity index (χ2v) is 6.75. The molecule has 1 heterocycles. The van der Waals surface area contributed by atoms with Gasteiger partial charge >= 0.3 is 5.97 Å². The second kappa shape index (κ2) is 4.05. The van der Waals surface area contributed by atoms with Crippen LogP contribution >= 0.6 is 0 Å². The highest BCUT2D eigenvalue weighted by Crippen LogP contribution is 2.44. The normalized spacial score (nSPS) is 40.1. The fourth-order valence-electron chi connectivity index (χ4n) is 3.24. The molecule has 0 aromatic heterocycles. The first kappa shape index (κ1) is 11.9. The van der Waals surface area contributed by atoms with Crippen molar-refractivity contribution in [1.82, 2.24) is 0 Å². The van der Waals surface area contributed by atoms with E-state index in [-0.39, 0.29) is 18.0 Å². The third kappa shape index (κ3) is 2.26. The van der Waals surface area contributed by atoms with Gasteiger partial charge in [-0.3, -0.25) is 4.79 Å².